The molecule has 2 aromatic carbocycles. The van der Waals surface area contributed by atoms with Gasteiger partial charge in [-0.15, -0.1) is 0 Å². The lowest BCUT2D eigenvalue weighted by Crippen LogP contribution is -2.35. The van der Waals surface area contributed by atoms with E-state index in [1.54, 1.807) is 18.2 Å². The second kappa shape index (κ2) is 9.65. The predicted molar refractivity (Wildman–Crippen MR) is 111 cm³/mol. The summed E-state index contributed by atoms with van der Waals surface area (Å²) in [6.45, 7) is 0.967. The second-order valence-corrected chi connectivity index (χ2v) is 6.57. The molecule has 0 atom stereocenters. The number of amides is 2. The summed E-state index contributed by atoms with van der Waals surface area (Å²) in [6.07, 6.45) is 2.61. The number of methoxy groups -OCH3 is 2. The number of carbonyl (C=O) groups excluding carboxylic acids is 2. The van der Waals surface area contributed by atoms with E-state index >= 15 is 0 Å². The van der Waals surface area contributed by atoms with Gasteiger partial charge in [0.05, 0.1) is 26.3 Å². The first-order valence-electron chi connectivity index (χ1n) is 9.52. The maximum Gasteiger partial charge on any atom is 0.255 e. The second-order valence-electron chi connectivity index (χ2n) is 6.57. The highest BCUT2D eigenvalue weighted by Crippen LogP contribution is 2.30. The quantitative estimate of drug-likeness (QED) is 0.795. The number of hydrogen-bond acceptors (Lipinski definition) is 4. The van der Waals surface area contributed by atoms with Crippen molar-refractivity contribution in [1.82, 2.24) is 5.32 Å². The summed E-state index contributed by atoms with van der Waals surface area (Å²) in [5, 5.41) is 2.76. The van der Waals surface area contributed by atoms with Crippen molar-refractivity contribution in [3.05, 3.63) is 53.6 Å². The van der Waals surface area contributed by atoms with Crippen LogP contribution in [0, 0.1) is 11.8 Å². The SMILES string of the molecule is COc1cccc(C(=O)NCC#Cc2ccc(N3CCCCC3=O)cc2)c1OC. The molecule has 1 heterocycles. The van der Waals surface area contributed by atoms with Gasteiger partial charge in [-0.2, -0.15) is 0 Å². The highest BCUT2D eigenvalue weighted by molar-refractivity contribution is 5.98. The number of carbonyl (C=O) groups is 2. The average molecular weight is 392 g/mol. The van der Waals surface area contributed by atoms with Crippen LogP contribution >= 0.6 is 0 Å². The molecule has 6 heteroatoms. The Balaban J connectivity index is 1.59. The minimum Gasteiger partial charge on any atom is -0.493 e. The number of ether oxygens (including phenoxy) is 2. The van der Waals surface area contributed by atoms with Crippen molar-refractivity contribution in [2.24, 2.45) is 0 Å². The summed E-state index contributed by atoms with van der Waals surface area (Å²) in [5.41, 5.74) is 2.12. The van der Waals surface area contributed by atoms with Crippen LogP contribution in [0.5, 0.6) is 11.5 Å². The van der Waals surface area contributed by atoms with Gasteiger partial charge in [-0.1, -0.05) is 17.9 Å². The molecular formula is C23H24N2O4. The number of anilines is 1. The number of rotatable bonds is 5. The Morgan fingerprint density at radius 3 is 2.59 bits per heavy atom. The van der Waals surface area contributed by atoms with E-state index in [1.807, 2.05) is 29.2 Å². The molecule has 3 rings (SSSR count). The molecule has 1 N–H and O–H groups in total. The molecule has 2 amide bonds. The summed E-state index contributed by atoms with van der Waals surface area (Å²) in [5.74, 6) is 6.74. The highest BCUT2D eigenvalue weighted by Gasteiger charge is 2.19. The van der Waals surface area contributed by atoms with Crippen LogP contribution in [0.4, 0.5) is 5.69 Å². The molecular weight excluding hydrogens is 368 g/mol. The van der Waals surface area contributed by atoms with Crippen LogP contribution in [-0.2, 0) is 4.79 Å². The Labute approximate surface area is 170 Å². The van der Waals surface area contributed by atoms with Crippen LogP contribution in [0.1, 0.15) is 35.2 Å². The molecule has 150 valence electrons. The Hall–Kier alpha value is -3.46. The van der Waals surface area contributed by atoms with Crippen molar-refractivity contribution in [1.29, 1.82) is 0 Å². The number of nitrogens with one attached hydrogen (secondary N) is 1. The van der Waals surface area contributed by atoms with Gasteiger partial charge in [-0.3, -0.25) is 9.59 Å². The first kappa shape index (κ1) is 20.3. The molecule has 2 aromatic rings. The van der Waals surface area contributed by atoms with Gasteiger partial charge >= 0.3 is 0 Å². The minimum absolute atomic E-state index is 0.172. The number of para-hydroxylation sites is 1. The van der Waals surface area contributed by atoms with Crippen LogP contribution in [0.25, 0.3) is 0 Å². The summed E-state index contributed by atoms with van der Waals surface area (Å²) in [4.78, 5) is 26.2. The summed E-state index contributed by atoms with van der Waals surface area (Å²) in [6, 6.07) is 12.7. The molecule has 0 saturated carbocycles. The van der Waals surface area contributed by atoms with Gasteiger partial charge in [0.2, 0.25) is 5.91 Å². The van der Waals surface area contributed by atoms with Crippen molar-refractivity contribution in [2.75, 3.05) is 32.2 Å². The Bertz CT molecular complexity index is 942. The lowest BCUT2D eigenvalue weighted by atomic mass is 10.1. The van der Waals surface area contributed by atoms with Gasteiger partial charge in [-0.25, -0.2) is 0 Å². The molecule has 6 nitrogen and oxygen atoms in total. The number of hydrogen-bond donors (Lipinski definition) is 1. The fourth-order valence-corrected chi connectivity index (χ4v) is 3.24. The summed E-state index contributed by atoms with van der Waals surface area (Å²) >= 11 is 0. The van der Waals surface area contributed by atoms with E-state index < -0.39 is 0 Å². The summed E-state index contributed by atoms with van der Waals surface area (Å²) in [7, 11) is 3.02. The third-order valence-electron chi connectivity index (χ3n) is 4.72. The van der Waals surface area contributed by atoms with E-state index in [1.165, 1.54) is 14.2 Å². The largest absolute Gasteiger partial charge is 0.493 e. The standard InChI is InChI=1S/C23H24N2O4/c1-28-20-9-5-8-19(22(20)29-2)23(27)24-15-6-7-17-11-13-18(14-12-17)25-16-4-3-10-21(25)26/h5,8-9,11-14H,3-4,10,15-16H2,1-2H3,(H,24,27). The molecule has 0 aliphatic carbocycles. The fraction of sp³-hybridized carbons (Fsp3) is 0.304. The van der Waals surface area contributed by atoms with Gasteiger partial charge in [0, 0.05) is 24.2 Å². The molecule has 1 saturated heterocycles. The maximum atomic E-state index is 12.4. The van der Waals surface area contributed by atoms with Crippen molar-refractivity contribution in [3.63, 3.8) is 0 Å². The van der Waals surface area contributed by atoms with Crippen LogP contribution in [0.3, 0.4) is 0 Å². The van der Waals surface area contributed by atoms with Crippen LogP contribution in [0.2, 0.25) is 0 Å². The number of nitrogens with zero attached hydrogens (tertiary/aromatic N) is 1. The zero-order valence-electron chi connectivity index (χ0n) is 16.7. The monoisotopic (exact) mass is 392 g/mol. The first-order chi connectivity index (χ1) is 14.1. The van der Waals surface area contributed by atoms with Crippen molar-refractivity contribution in [3.8, 4) is 23.3 Å². The highest BCUT2D eigenvalue weighted by atomic mass is 16.5. The molecule has 1 fully saturated rings. The molecule has 0 spiro atoms. The van der Waals surface area contributed by atoms with Gasteiger partial charge < -0.3 is 19.7 Å². The van der Waals surface area contributed by atoms with E-state index in [4.69, 9.17) is 9.47 Å². The topological polar surface area (TPSA) is 67.9 Å². The van der Waals surface area contributed by atoms with E-state index in [0.29, 0.717) is 23.5 Å². The average Bonchev–Trinajstić information content (AvgIpc) is 2.76. The molecule has 0 bridgehead atoms. The number of piperidine rings is 1. The van der Waals surface area contributed by atoms with Gasteiger partial charge in [-0.05, 0) is 49.2 Å². The third kappa shape index (κ3) is 4.88. The van der Waals surface area contributed by atoms with Crippen LogP contribution in [-0.4, -0.2) is 39.1 Å². The predicted octanol–water partition coefficient (Wildman–Crippen LogP) is 3.00. The van der Waals surface area contributed by atoms with Gasteiger partial charge in [0.25, 0.3) is 5.91 Å². The van der Waals surface area contributed by atoms with Crippen molar-refractivity contribution >= 4 is 17.5 Å². The number of benzene rings is 2. The van der Waals surface area contributed by atoms with Crippen LogP contribution < -0.4 is 19.7 Å². The molecule has 0 aromatic heterocycles. The molecule has 1 aliphatic rings. The van der Waals surface area contributed by atoms with E-state index in [2.05, 4.69) is 17.2 Å². The Morgan fingerprint density at radius 2 is 1.90 bits per heavy atom. The maximum absolute atomic E-state index is 12.4. The third-order valence-corrected chi connectivity index (χ3v) is 4.72. The Kier molecular flexibility index (Phi) is 6.75. The zero-order chi connectivity index (χ0) is 20.6. The lowest BCUT2D eigenvalue weighted by molar-refractivity contribution is -0.119. The van der Waals surface area contributed by atoms with E-state index in [0.717, 1.165) is 30.6 Å². The smallest absolute Gasteiger partial charge is 0.255 e. The molecule has 1 aliphatic heterocycles. The van der Waals surface area contributed by atoms with Crippen molar-refractivity contribution < 1.29 is 19.1 Å². The van der Waals surface area contributed by atoms with Gasteiger partial charge in [0.15, 0.2) is 11.5 Å². The molecule has 0 unspecified atom stereocenters. The Morgan fingerprint density at radius 1 is 1.10 bits per heavy atom. The van der Waals surface area contributed by atoms with Gasteiger partial charge in [0.1, 0.15) is 0 Å². The zero-order valence-corrected chi connectivity index (χ0v) is 16.7. The minimum atomic E-state index is -0.283. The first-order valence-corrected chi connectivity index (χ1v) is 9.52. The normalized spacial score (nSPS) is 13.3. The lowest BCUT2D eigenvalue weighted by Gasteiger charge is -2.26. The van der Waals surface area contributed by atoms with E-state index in [-0.39, 0.29) is 18.4 Å². The summed E-state index contributed by atoms with van der Waals surface area (Å²) < 4.78 is 10.5. The van der Waals surface area contributed by atoms with E-state index in [9.17, 15) is 9.59 Å². The molecule has 0 radical (unpaired) electrons. The van der Waals surface area contributed by atoms with Crippen LogP contribution in [0.15, 0.2) is 42.5 Å². The van der Waals surface area contributed by atoms with Crippen molar-refractivity contribution in [2.45, 2.75) is 19.3 Å². The molecule has 29 heavy (non-hydrogen) atoms. The fourth-order valence-electron chi connectivity index (χ4n) is 3.24.